The second-order valence-electron chi connectivity index (χ2n) is 4.29. The second-order valence-corrected chi connectivity index (χ2v) is 6.12. The summed E-state index contributed by atoms with van der Waals surface area (Å²) in [7, 11) is -3.71. The van der Waals surface area contributed by atoms with Gasteiger partial charge in [0.1, 0.15) is 0 Å². The second kappa shape index (κ2) is 4.20. The largest absolute Gasteiger partial charge is 0.268 e. The fourth-order valence-electron chi connectivity index (χ4n) is 2.15. The zero-order chi connectivity index (χ0) is 13.5. The van der Waals surface area contributed by atoms with E-state index in [1.165, 1.54) is 6.07 Å². The predicted octanol–water partition coefficient (Wildman–Crippen LogP) is 2.03. The van der Waals surface area contributed by atoms with Crippen LogP contribution < -0.4 is 0 Å². The Morgan fingerprint density at radius 2 is 1.58 bits per heavy atom. The van der Waals surface area contributed by atoms with Gasteiger partial charge in [-0.2, -0.15) is 0 Å². The number of amides is 1. The fraction of sp³-hybridized carbons (Fsp3) is 0.0714. The van der Waals surface area contributed by atoms with Gasteiger partial charge in [-0.25, -0.2) is 12.7 Å². The third kappa shape index (κ3) is 1.82. The van der Waals surface area contributed by atoms with E-state index in [0.717, 1.165) is 4.31 Å². The maximum atomic E-state index is 12.3. The molecule has 96 valence electrons. The Balaban J connectivity index is 2.04. The van der Waals surface area contributed by atoms with Gasteiger partial charge in [-0.15, -0.1) is 0 Å². The highest BCUT2D eigenvalue weighted by Crippen LogP contribution is 2.31. The van der Waals surface area contributed by atoms with Gasteiger partial charge in [0.15, 0.2) is 0 Å². The highest BCUT2D eigenvalue weighted by Gasteiger charge is 2.37. The van der Waals surface area contributed by atoms with Crippen LogP contribution in [0.3, 0.4) is 0 Å². The van der Waals surface area contributed by atoms with Gasteiger partial charge in [0, 0.05) is 5.56 Å². The zero-order valence-electron chi connectivity index (χ0n) is 9.98. The van der Waals surface area contributed by atoms with E-state index in [0.29, 0.717) is 11.1 Å². The summed E-state index contributed by atoms with van der Waals surface area (Å²) in [6, 6.07) is 15.1. The van der Waals surface area contributed by atoms with Crippen molar-refractivity contribution in [2.75, 3.05) is 0 Å². The quantitative estimate of drug-likeness (QED) is 0.799. The number of rotatable bonds is 1. The van der Waals surface area contributed by atoms with Crippen LogP contribution >= 0.6 is 0 Å². The van der Waals surface area contributed by atoms with Crippen molar-refractivity contribution in [2.45, 2.75) is 11.4 Å². The minimum atomic E-state index is -3.71. The molecule has 0 saturated carbocycles. The molecule has 0 aromatic heterocycles. The van der Waals surface area contributed by atoms with Crippen molar-refractivity contribution in [3.05, 3.63) is 65.7 Å². The van der Waals surface area contributed by atoms with Crippen molar-refractivity contribution in [2.24, 2.45) is 0 Å². The van der Waals surface area contributed by atoms with E-state index in [2.05, 4.69) is 0 Å². The summed E-state index contributed by atoms with van der Waals surface area (Å²) in [5.41, 5.74) is 1.03. The third-order valence-corrected chi connectivity index (χ3v) is 4.93. The minimum Gasteiger partial charge on any atom is -0.268 e. The van der Waals surface area contributed by atoms with Gasteiger partial charge in [-0.3, -0.25) is 4.79 Å². The Hall–Kier alpha value is -2.14. The molecule has 0 unspecified atom stereocenters. The van der Waals surface area contributed by atoms with Gasteiger partial charge in [-0.05, 0) is 23.8 Å². The molecule has 3 rings (SSSR count). The standard InChI is InChI=1S/C14H11NO3S/c16-14(11-6-2-1-3-7-11)15-10-12-8-4-5-9-13(12)19(15,17)18/h1-9H,10H2. The van der Waals surface area contributed by atoms with E-state index >= 15 is 0 Å². The summed E-state index contributed by atoms with van der Waals surface area (Å²) >= 11 is 0. The zero-order valence-corrected chi connectivity index (χ0v) is 10.8. The predicted molar refractivity (Wildman–Crippen MR) is 69.9 cm³/mol. The van der Waals surface area contributed by atoms with E-state index in [1.54, 1.807) is 48.5 Å². The Labute approximate surface area is 111 Å². The molecule has 0 bridgehead atoms. The highest BCUT2D eigenvalue weighted by atomic mass is 32.2. The molecule has 1 aliphatic rings. The lowest BCUT2D eigenvalue weighted by Crippen LogP contribution is -2.31. The average Bonchev–Trinajstić information content (AvgIpc) is 2.71. The number of sulfonamides is 1. The highest BCUT2D eigenvalue weighted by molar-refractivity contribution is 7.90. The van der Waals surface area contributed by atoms with Crippen LogP contribution in [0.25, 0.3) is 0 Å². The summed E-state index contributed by atoms with van der Waals surface area (Å²) in [4.78, 5) is 12.5. The molecule has 19 heavy (non-hydrogen) atoms. The molecule has 4 nitrogen and oxygen atoms in total. The smallest absolute Gasteiger partial charge is 0.267 e. The number of fused-ring (bicyclic) bond motifs is 1. The number of carbonyl (C=O) groups is 1. The molecule has 1 aliphatic heterocycles. The van der Waals surface area contributed by atoms with Crippen LogP contribution in [0.15, 0.2) is 59.5 Å². The summed E-state index contributed by atoms with van der Waals surface area (Å²) in [5, 5.41) is 0. The topological polar surface area (TPSA) is 54.5 Å². The molecule has 0 N–H and O–H groups in total. The lowest BCUT2D eigenvalue weighted by molar-refractivity contribution is 0.0860. The van der Waals surface area contributed by atoms with Crippen LogP contribution in [0.4, 0.5) is 0 Å². The van der Waals surface area contributed by atoms with E-state index < -0.39 is 15.9 Å². The number of hydrogen-bond donors (Lipinski definition) is 0. The molecule has 0 atom stereocenters. The van der Waals surface area contributed by atoms with Gasteiger partial charge in [0.05, 0.1) is 11.4 Å². The summed E-state index contributed by atoms with van der Waals surface area (Å²) in [6.45, 7) is 0.103. The van der Waals surface area contributed by atoms with Gasteiger partial charge in [0.2, 0.25) is 0 Å². The summed E-state index contributed by atoms with van der Waals surface area (Å²) < 4.78 is 25.5. The lowest BCUT2D eigenvalue weighted by Gasteiger charge is -2.14. The monoisotopic (exact) mass is 273 g/mol. The van der Waals surface area contributed by atoms with Gasteiger partial charge in [0.25, 0.3) is 15.9 Å². The summed E-state index contributed by atoms with van der Waals surface area (Å²) in [6.07, 6.45) is 0. The van der Waals surface area contributed by atoms with Gasteiger partial charge in [-0.1, -0.05) is 36.4 Å². The van der Waals surface area contributed by atoms with Crippen molar-refractivity contribution >= 4 is 15.9 Å². The fourth-order valence-corrected chi connectivity index (χ4v) is 3.73. The Morgan fingerprint density at radius 3 is 2.26 bits per heavy atom. The number of carbonyl (C=O) groups excluding carboxylic acids is 1. The van der Waals surface area contributed by atoms with Crippen molar-refractivity contribution in [3.8, 4) is 0 Å². The molecule has 0 saturated heterocycles. The number of benzene rings is 2. The van der Waals surface area contributed by atoms with Gasteiger partial charge < -0.3 is 0 Å². The first-order valence-electron chi connectivity index (χ1n) is 5.81. The molecule has 0 aliphatic carbocycles. The Kier molecular flexibility index (Phi) is 2.64. The normalized spacial score (nSPS) is 16.1. The third-order valence-electron chi connectivity index (χ3n) is 3.10. The molecule has 1 amide bonds. The van der Waals surface area contributed by atoms with E-state index in [1.807, 2.05) is 0 Å². The van der Waals surface area contributed by atoms with Crippen LogP contribution in [0.2, 0.25) is 0 Å². The molecule has 5 heteroatoms. The van der Waals surface area contributed by atoms with E-state index in [9.17, 15) is 13.2 Å². The van der Waals surface area contributed by atoms with E-state index in [4.69, 9.17) is 0 Å². The lowest BCUT2D eigenvalue weighted by atomic mass is 10.2. The molecule has 0 spiro atoms. The van der Waals surface area contributed by atoms with Crippen molar-refractivity contribution in [1.82, 2.24) is 4.31 Å². The molecular weight excluding hydrogens is 262 g/mol. The molecular formula is C14H11NO3S. The Morgan fingerprint density at radius 1 is 0.947 bits per heavy atom. The first-order valence-corrected chi connectivity index (χ1v) is 7.25. The molecule has 2 aromatic rings. The number of hydrogen-bond acceptors (Lipinski definition) is 3. The maximum Gasteiger partial charge on any atom is 0.267 e. The van der Waals surface area contributed by atoms with Crippen molar-refractivity contribution < 1.29 is 13.2 Å². The van der Waals surface area contributed by atoms with Gasteiger partial charge >= 0.3 is 0 Å². The van der Waals surface area contributed by atoms with Crippen LogP contribution in [0.5, 0.6) is 0 Å². The van der Waals surface area contributed by atoms with E-state index in [-0.39, 0.29) is 11.4 Å². The van der Waals surface area contributed by atoms with Crippen LogP contribution in [0.1, 0.15) is 15.9 Å². The molecule has 1 heterocycles. The minimum absolute atomic E-state index is 0.103. The first kappa shape index (κ1) is 11.9. The molecule has 2 aromatic carbocycles. The Bertz CT molecular complexity index is 738. The van der Waals surface area contributed by atoms with Crippen LogP contribution in [-0.4, -0.2) is 18.6 Å². The molecule has 0 fully saturated rings. The van der Waals surface area contributed by atoms with Crippen molar-refractivity contribution in [3.63, 3.8) is 0 Å². The van der Waals surface area contributed by atoms with Crippen LogP contribution in [0, 0.1) is 0 Å². The maximum absolute atomic E-state index is 12.3. The van der Waals surface area contributed by atoms with Crippen molar-refractivity contribution in [1.29, 1.82) is 0 Å². The number of nitrogens with zero attached hydrogens (tertiary/aromatic N) is 1. The first-order chi connectivity index (χ1) is 9.10. The average molecular weight is 273 g/mol. The summed E-state index contributed by atoms with van der Waals surface area (Å²) in [5.74, 6) is -0.489. The SMILES string of the molecule is O=C(c1ccccc1)N1Cc2ccccc2S1(=O)=O. The molecule has 0 radical (unpaired) electrons. The van der Waals surface area contributed by atoms with Crippen LogP contribution in [-0.2, 0) is 16.6 Å².